The zero-order chi connectivity index (χ0) is 40.2. The average molecular weight is 766 g/mol. The quantitative estimate of drug-likeness (QED) is 0.146. The number of benzene rings is 10. The molecule has 11 rings (SSSR count). The molecule has 0 aromatic heterocycles. The van der Waals surface area contributed by atoms with Crippen molar-refractivity contribution in [1.29, 1.82) is 0 Å². The van der Waals surface area contributed by atoms with E-state index in [0.717, 1.165) is 17.1 Å². The van der Waals surface area contributed by atoms with E-state index in [4.69, 9.17) is 0 Å². The Hall–Kier alpha value is -7.48. The minimum Gasteiger partial charge on any atom is -0.309 e. The molecule has 0 spiro atoms. The molecule has 0 saturated carbocycles. The van der Waals surface area contributed by atoms with E-state index in [1.165, 1.54) is 88.3 Å². The number of hydrogen-bond acceptors (Lipinski definition) is 1. The Bertz CT molecular complexity index is 3230. The second-order valence-corrected chi connectivity index (χ2v) is 16.4. The normalized spacial score (nSPS) is 12.6. The fraction of sp³-hybridized carbons (Fsp3) is 0.0508. The Labute approximate surface area is 352 Å². The molecule has 0 atom stereocenters. The summed E-state index contributed by atoms with van der Waals surface area (Å²) in [6.45, 7) is 4.73. The van der Waals surface area contributed by atoms with Crippen LogP contribution in [0.1, 0.15) is 25.0 Å². The maximum absolute atomic E-state index is 2.57. The Morgan fingerprint density at radius 1 is 0.300 bits per heavy atom. The zero-order valence-corrected chi connectivity index (χ0v) is 33.8. The lowest BCUT2D eigenvalue weighted by molar-refractivity contribution is 0.660. The summed E-state index contributed by atoms with van der Waals surface area (Å²) in [5, 5.41) is 4.88. The standard InChI is InChI=1S/C59H43N/c1-59(2)52-35-17-15-32-51(52)57-50(34-19-36-53(57)59)48-30-16-18-37-54(48)60(56-39-42-25-9-10-27-44(42)46-28-12-13-29-47(46)56)55-38-20-33-45(41-23-7-4-8-24-41)58(55)49-31-14-11-26-43(49)40-21-5-3-6-22-40/h3-39H,1-2H3. The molecule has 0 amide bonds. The zero-order valence-electron chi connectivity index (χ0n) is 33.8. The van der Waals surface area contributed by atoms with Crippen LogP contribution in [0.2, 0.25) is 0 Å². The Balaban J connectivity index is 1.28. The molecule has 1 nitrogen and oxygen atoms in total. The summed E-state index contributed by atoms with van der Waals surface area (Å²) in [7, 11) is 0. The van der Waals surface area contributed by atoms with Crippen molar-refractivity contribution >= 4 is 38.6 Å². The van der Waals surface area contributed by atoms with Gasteiger partial charge in [0.25, 0.3) is 0 Å². The van der Waals surface area contributed by atoms with Gasteiger partial charge in [-0.3, -0.25) is 0 Å². The van der Waals surface area contributed by atoms with Crippen LogP contribution >= 0.6 is 0 Å². The van der Waals surface area contributed by atoms with Gasteiger partial charge in [-0.25, -0.2) is 0 Å². The van der Waals surface area contributed by atoms with Gasteiger partial charge in [0, 0.05) is 21.9 Å². The molecule has 1 heteroatoms. The second kappa shape index (κ2) is 14.4. The summed E-state index contributed by atoms with van der Waals surface area (Å²) in [6.07, 6.45) is 0. The van der Waals surface area contributed by atoms with Crippen LogP contribution in [0.4, 0.5) is 17.1 Å². The van der Waals surface area contributed by atoms with Gasteiger partial charge in [0.05, 0.1) is 17.1 Å². The highest BCUT2D eigenvalue weighted by molar-refractivity contribution is 6.16. The van der Waals surface area contributed by atoms with E-state index >= 15 is 0 Å². The maximum atomic E-state index is 2.57. The maximum Gasteiger partial charge on any atom is 0.0547 e. The van der Waals surface area contributed by atoms with Gasteiger partial charge in [-0.2, -0.15) is 0 Å². The summed E-state index contributed by atoms with van der Waals surface area (Å²) in [6, 6.07) is 82.6. The SMILES string of the molecule is CC1(C)c2ccccc2-c2c(-c3ccccc3N(c3cccc(-c4ccccc4)c3-c3ccccc3-c3ccccc3)c3cc4ccccc4c4ccccc34)cccc21. The van der Waals surface area contributed by atoms with Crippen LogP contribution in [-0.2, 0) is 5.41 Å². The number of para-hydroxylation sites is 1. The van der Waals surface area contributed by atoms with E-state index in [2.05, 4.69) is 243 Å². The van der Waals surface area contributed by atoms with Gasteiger partial charge in [0.15, 0.2) is 0 Å². The molecule has 284 valence electrons. The van der Waals surface area contributed by atoms with Crippen molar-refractivity contribution in [2.24, 2.45) is 0 Å². The molecule has 0 heterocycles. The van der Waals surface area contributed by atoms with Gasteiger partial charge in [-0.05, 0) is 90.0 Å². The fourth-order valence-electron chi connectivity index (χ4n) is 9.92. The number of anilines is 3. The molecular weight excluding hydrogens is 723 g/mol. The van der Waals surface area contributed by atoms with Gasteiger partial charge in [-0.1, -0.05) is 220 Å². The summed E-state index contributed by atoms with van der Waals surface area (Å²) in [4.78, 5) is 2.57. The number of rotatable bonds is 7. The van der Waals surface area contributed by atoms with Crippen molar-refractivity contribution in [3.63, 3.8) is 0 Å². The molecule has 0 aliphatic heterocycles. The third-order valence-electron chi connectivity index (χ3n) is 12.7. The monoisotopic (exact) mass is 765 g/mol. The highest BCUT2D eigenvalue weighted by atomic mass is 15.1. The number of hydrogen-bond donors (Lipinski definition) is 0. The highest BCUT2D eigenvalue weighted by Crippen LogP contribution is 2.56. The third kappa shape index (κ3) is 5.69. The van der Waals surface area contributed by atoms with Gasteiger partial charge >= 0.3 is 0 Å². The van der Waals surface area contributed by atoms with Crippen LogP contribution in [0.15, 0.2) is 224 Å². The van der Waals surface area contributed by atoms with Crippen LogP contribution in [0.3, 0.4) is 0 Å². The average Bonchev–Trinajstić information content (AvgIpc) is 3.55. The number of nitrogens with zero attached hydrogens (tertiary/aromatic N) is 1. The molecule has 1 aliphatic rings. The first-order valence-corrected chi connectivity index (χ1v) is 20.9. The van der Waals surface area contributed by atoms with Crippen LogP contribution in [0.25, 0.3) is 77.2 Å². The van der Waals surface area contributed by atoms with Crippen LogP contribution < -0.4 is 4.90 Å². The predicted molar refractivity (Wildman–Crippen MR) is 255 cm³/mol. The van der Waals surface area contributed by atoms with Gasteiger partial charge in [-0.15, -0.1) is 0 Å². The molecule has 60 heavy (non-hydrogen) atoms. The minimum atomic E-state index is -0.122. The fourth-order valence-corrected chi connectivity index (χ4v) is 9.92. The molecule has 0 saturated heterocycles. The van der Waals surface area contributed by atoms with E-state index in [1.807, 2.05) is 0 Å². The first-order chi connectivity index (χ1) is 29.6. The molecule has 1 aliphatic carbocycles. The minimum absolute atomic E-state index is 0.122. The van der Waals surface area contributed by atoms with Crippen molar-refractivity contribution in [3.8, 4) is 55.6 Å². The van der Waals surface area contributed by atoms with E-state index in [9.17, 15) is 0 Å². The molecule has 10 aromatic carbocycles. The Morgan fingerprint density at radius 2 is 0.800 bits per heavy atom. The topological polar surface area (TPSA) is 3.24 Å². The van der Waals surface area contributed by atoms with E-state index < -0.39 is 0 Å². The largest absolute Gasteiger partial charge is 0.309 e. The predicted octanol–water partition coefficient (Wildman–Crippen LogP) is 16.4. The van der Waals surface area contributed by atoms with Crippen molar-refractivity contribution < 1.29 is 0 Å². The van der Waals surface area contributed by atoms with Crippen molar-refractivity contribution in [2.45, 2.75) is 19.3 Å². The highest BCUT2D eigenvalue weighted by Gasteiger charge is 2.37. The number of fused-ring (bicyclic) bond motifs is 6. The smallest absolute Gasteiger partial charge is 0.0547 e. The first-order valence-electron chi connectivity index (χ1n) is 20.9. The van der Waals surface area contributed by atoms with Crippen LogP contribution in [-0.4, -0.2) is 0 Å². The lowest BCUT2D eigenvalue weighted by Crippen LogP contribution is -2.15. The van der Waals surface area contributed by atoms with Crippen LogP contribution in [0.5, 0.6) is 0 Å². The van der Waals surface area contributed by atoms with Gasteiger partial charge < -0.3 is 4.90 Å². The Morgan fingerprint density at radius 3 is 1.57 bits per heavy atom. The summed E-state index contributed by atoms with van der Waals surface area (Å²) in [5.74, 6) is 0. The summed E-state index contributed by atoms with van der Waals surface area (Å²) >= 11 is 0. The lowest BCUT2D eigenvalue weighted by Gasteiger charge is -2.33. The van der Waals surface area contributed by atoms with Crippen molar-refractivity contribution in [2.75, 3.05) is 4.90 Å². The Kier molecular flexibility index (Phi) is 8.57. The molecule has 10 aromatic rings. The summed E-state index contributed by atoms with van der Waals surface area (Å²) < 4.78 is 0. The molecule has 0 radical (unpaired) electrons. The molecule has 0 bridgehead atoms. The third-order valence-corrected chi connectivity index (χ3v) is 12.7. The van der Waals surface area contributed by atoms with E-state index in [0.29, 0.717) is 0 Å². The first kappa shape index (κ1) is 35.7. The van der Waals surface area contributed by atoms with E-state index in [-0.39, 0.29) is 5.41 Å². The van der Waals surface area contributed by atoms with Gasteiger partial charge in [0.2, 0.25) is 0 Å². The second-order valence-electron chi connectivity index (χ2n) is 16.4. The lowest BCUT2D eigenvalue weighted by atomic mass is 9.82. The molecular formula is C59H43N. The van der Waals surface area contributed by atoms with Crippen molar-refractivity contribution in [1.82, 2.24) is 0 Å². The van der Waals surface area contributed by atoms with E-state index in [1.54, 1.807) is 0 Å². The molecule has 0 unspecified atom stereocenters. The molecule has 0 N–H and O–H groups in total. The summed E-state index contributed by atoms with van der Waals surface area (Å²) in [5.41, 5.74) is 18.1. The molecule has 0 fully saturated rings. The van der Waals surface area contributed by atoms with Gasteiger partial charge in [0.1, 0.15) is 0 Å². The van der Waals surface area contributed by atoms with Crippen molar-refractivity contribution in [3.05, 3.63) is 236 Å². The van der Waals surface area contributed by atoms with Crippen LogP contribution in [0, 0.1) is 0 Å².